The normalized spacial score (nSPS) is 23.3. The fourth-order valence-corrected chi connectivity index (χ4v) is 3.50. The van der Waals surface area contributed by atoms with Gasteiger partial charge in [-0.15, -0.1) is 0 Å². The van der Waals surface area contributed by atoms with Crippen molar-refractivity contribution in [3.8, 4) is 0 Å². The van der Waals surface area contributed by atoms with E-state index in [1.165, 1.54) is 32.1 Å². The number of carbonyl (C=O) groups is 1. The van der Waals surface area contributed by atoms with E-state index in [0.717, 1.165) is 38.7 Å². The van der Waals surface area contributed by atoms with Gasteiger partial charge in [-0.1, -0.05) is 19.8 Å². The zero-order chi connectivity index (χ0) is 17.4. The number of amides is 1. The first-order chi connectivity index (χ1) is 11.5. The van der Waals surface area contributed by atoms with Crippen molar-refractivity contribution in [2.45, 2.75) is 45.4 Å². The van der Waals surface area contributed by atoms with Crippen LogP contribution in [0.5, 0.6) is 0 Å². The van der Waals surface area contributed by atoms with Crippen molar-refractivity contribution < 1.29 is 9.53 Å². The molecule has 1 saturated carbocycles. The molecule has 1 heterocycles. The van der Waals surface area contributed by atoms with E-state index in [9.17, 15) is 4.79 Å². The van der Waals surface area contributed by atoms with Gasteiger partial charge >= 0.3 is 0 Å². The molecule has 1 unspecified atom stereocenters. The average Bonchev–Trinajstić information content (AvgIpc) is 3.26. The molecule has 2 rings (SSSR count). The van der Waals surface area contributed by atoms with Crippen molar-refractivity contribution in [3.05, 3.63) is 0 Å². The number of guanidine groups is 1. The molecule has 1 aliphatic heterocycles. The van der Waals surface area contributed by atoms with E-state index in [4.69, 9.17) is 4.74 Å². The minimum atomic E-state index is 0.0198. The predicted molar refractivity (Wildman–Crippen MR) is 97.1 cm³/mol. The van der Waals surface area contributed by atoms with E-state index in [2.05, 4.69) is 22.5 Å². The van der Waals surface area contributed by atoms with Crippen molar-refractivity contribution in [2.75, 3.05) is 46.9 Å². The van der Waals surface area contributed by atoms with Crippen LogP contribution in [0.2, 0.25) is 0 Å². The Morgan fingerprint density at radius 1 is 1.29 bits per heavy atom. The number of nitrogens with one attached hydrogen (secondary N) is 2. The molecule has 138 valence electrons. The summed E-state index contributed by atoms with van der Waals surface area (Å²) in [5, 5.41) is 6.91. The first-order valence-electron chi connectivity index (χ1n) is 9.35. The second kappa shape index (κ2) is 9.25. The third-order valence-electron chi connectivity index (χ3n) is 5.50. The van der Waals surface area contributed by atoms with Crippen LogP contribution in [0.1, 0.15) is 45.4 Å². The van der Waals surface area contributed by atoms with Gasteiger partial charge in [0.2, 0.25) is 5.91 Å². The number of likely N-dealkylation sites (N-methyl/N-ethyl adjacent to an activating group) is 1. The van der Waals surface area contributed by atoms with Crippen LogP contribution in [-0.4, -0.2) is 63.7 Å². The van der Waals surface area contributed by atoms with Gasteiger partial charge < -0.3 is 20.3 Å². The van der Waals surface area contributed by atoms with Gasteiger partial charge in [0.1, 0.15) is 6.54 Å². The molecular formula is C18H34N4O2. The topological polar surface area (TPSA) is 66.0 Å². The van der Waals surface area contributed by atoms with Gasteiger partial charge in [0, 0.05) is 39.7 Å². The maximum absolute atomic E-state index is 11.8. The monoisotopic (exact) mass is 338 g/mol. The van der Waals surface area contributed by atoms with Crippen LogP contribution in [0.3, 0.4) is 0 Å². The summed E-state index contributed by atoms with van der Waals surface area (Å²) in [7, 11) is 3.53. The summed E-state index contributed by atoms with van der Waals surface area (Å²) in [4.78, 5) is 17.9. The first kappa shape index (κ1) is 19.0. The number of ether oxygens (including phenoxy) is 1. The van der Waals surface area contributed by atoms with Crippen LogP contribution in [0.4, 0.5) is 0 Å². The van der Waals surface area contributed by atoms with E-state index in [1.54, 1.807) is 19.0 Å². The standard InChI is InChI=1S/C18H34N4O2/c1-4-18(8-5-6-9-18)14-21-17(20-12-16(23)22(2)3)19-11-15-7-10-24-13-15/h15H,4-14H2,1-3H3,(H2,19,20,21). The molecule has 1 amide bonds. The van der Waals surface area contributed by atoms with Crippen molar-refractivity contribution in [2.24, 2.45) is 16.3 Å². The van der Waals surface area contributed by atoms with E-state index in [0.29, 0.717) is 11.3 Å². The molecule has 2 aliphatic rings. The number of hydrogen-bond acceptors (Lipinski definition) is 3. The summed E-state index contributed by atoms with van der Waals surface area (Å²) in [5.74, 6) is 1.32. The highest BCUT2D eigenvalue weighted by Gasteiger charge is 2.32. The van der Waals surface area contributed by atoms with Crippen LogP contribution in [-0.2, 0) is 9.53 Å². The van der Waals surface area contributed by atoms with E-state index >= 15 is 0 Å². The van der Waals surface area contributed by atoms with E-state index < -0.39 is 0 Å². The molecule has 0 spiro atoms. The van der Waals surface area contributed by atoms with Gasteiger partial charge in [-0.25, -0.2) is 4.99 Å². The third kappa shape index (κ3) is 5.65. The molecule has 6 heteroatoms. The molecule has 1 aliphatic carbocycles. The molecule has 0 radical (unpaired) electrons. The summed E-state index contributed by atoms with van der Waals surface area (Å²) in [6.45, 7) is 5.92. The van der Waals surface area contributed by atoms with Crippen molar-refractivity contribution in [1.29, 1.82) is 0 Å². The van der Waals surface area contributed by atoms with Gasteiger partial charge in [0.15, 0.2) is 5.96 Å². The molecule has 2 N–H and O–H groups in total. The summed E-state index contributed by atoms with van der Waals surface area (Å²) in [6, 6.07) is 0. The number of nitrogens with zero attached hydrogens (tertiary/aromatic N) is 2. The van der Waals surface area contributed by atoms with Crippen LogP contribution in [0.15, 0.2) is 4.99 Å². The lowest BCUT2D eigenvalue weighted by Gasteiger charge is -2.29. The SMILES string of the molecule is CCC1(CNC(=NCC(=O)N(C)C)NCC2CCOC2)CCCC1. The number of rotatable bonds is 7. The Labute approximate surface area is 146 Å². The molecule has 0 aromatic carbocycles. The zero-order valence-corrected chi connectivity index (χ0v) is 15.6. The van der Waals surface area contributed by atoms with Crippen LogP contribution < -0.4 is 10.6 Å². The summed E-state index contributed by atoms with van der Waals surface area (Å²) in [5.41, 5.74) is 0.393. The lowest BCUT2D eigenvalue weighted by Crippen LogP contribution is -2.45. The fraction of sp³-hybridized carbons (Fsp3) is 0.889. The molecular weight excluding hydrogens is 304 g/mol. The fourth-order valence-electron chi connectivity index (χ4n) is 3.50. The van der Waals surface area contributed by atoms with Crippen molar-refractivity contribution in [3.63, 3.8) is 0 Å². The largest absolute Gasteiger partial charge is 0.381 e. The highest BCUT2D eigenvalue weighted by molar-refractivity contribution is 5.84. The molecule has 1 atom stereocenters. The number of aliphatic imine (C=N–C) groups is 1. The second-order valence-electron chi connectivity index (χ2n) is 7.48. The maximum Gasteiger partial charge on any atom is 0.243 e. The Morgan fingerprint density at radius 3 is 2.62 bits per heavy atom. The van der Waals surface area contributed by atoms with Gasteiger partial charge in [0.25, 0.3) is 0 Å². The Morgan fingerprint density at radius 2 is 2.04 bits per heavy atom. The lowest BCUT2D eigenvalue weighted by atomic mass is 9.83. The lowest BCUT2D eigenvalue weighted by molar-refractivity contribution is -0.127. The molecule has 1 saturated heterocycles. The minimum Gasteiger partial charge on any atom is -0.381 e. The third-order valence-corrected chi connectivity index (χ3v) is 5.50. The average molecular weight is 338 g/mol. The molecule has 0 aromatic heterocycles. The quantitative estimate of drug-likeness (QED) is 0.547. The van der Waals surface area contributed by atoms with Crippen LogP contribution in [0, 0.1) is 11.3 Å². The summed E-state index contributed by atoms with van der Waals surface area (Å²) < 4.78 is 5.43. The Bertz CT molecular complexity index is 425. The Hall–Kier alpha value is -1.30. The summed E-state index contributed by atoms with van der Waals surface area (Å²) >= 11 is 0. The highest BCUT2D eigenvalue weighted by Crippen LogP contribution is 2.40. The number of carbonyl (C=O) groups excluding carboxylic acids is 1. The van der Waals surface area contributed by atoms with Gasteiger partial charge in [0.05, 0.1) is 6.61 Å². The Kier molecular flexibility index (Phi) is 7.34. The predicted octanol–water partition coefficient (Wildman–Crippen LogP) is 1.62. The van der Waals surface area contributed by atoms with Gasteiger partial charge in [-0.3, -0.25) is 4.79 Å². The van der Waals surface area contributed by atoms with Gasteiger partial charge in [-0.05, 0) is 31.1 Å². The molecule has 2 fully saturated rings. The van der Waals surface area contributed by atoms with E-state index in [-0.39, 0.29) is 12.5 Å². The summed E-state index contributed by atoms with van der Waals surface area (Å²) in [6.07, 6.45) is 7.52. The minimum absolute atomic E-state index is 0.0198. The van der Waals surface area contributed by atoms with Crippen molar-refractivity contribution >= 4 is 11.9 Å². The first-order valence-corrected chi connectivity index (χ1v) is 9.35. The van der Waals surface area contributed by atoms with Crippen LogP contribution in [0.25, 0.3) is 0 Å². The highest BCUT2D eigenvalue weighted by atomic mass is 16.5. The van der Waals surface area contributed by atoms with E-state index in [1.807, 2.05) is 0 Å². The van der Waals surface area contributed by atoms with Crippen LogP contribution >= 0.6 is 0 Å². The smallest absolute Gasteiger partial charge is 0.243 e. The zero-order valence-electron chi connectivity index (χ0n) is 15.6. The number of hydrogen-bond donors (Lipinski definition) is 2. The molecule has 0 aromatic rings. The van der Waals surface area contributed by atoms with Crippen molar-refractivity contribution in [1.82, 2.24) is 15.5 Å². The molecule has 0 bridgehead atoms. The van der Waals surface area contributed by atoms with Gasteiger partial charge in [-0.2, -0.15) is 0 Å². The molecule has 6 nitrogen and oxygen atoms in total. The maximum atomic E-state index is 11.8. The second-order valence-corrected chi connectivity index (χ2v) is 7.48. The Balaban J connectivity index is 1.90. The molecule has 24 heavy (non-hydrogen) atoms.